The summed E-state index contributed by atoms with van der Waals surface area (Å²) >= 11 is 2.50. The van der Waals surface area contributed by atoms with Crippen LogP contribution in [0.2, 0.25) is 0 Å². The Hall–Kier alpha value is -2.14. The van der Waals surface area contributed by atoms with Gasteiger partial charge in [-0.25, -0.2) is 9.48 Å². The maximum atomic E-state index is 2.53. The minimum absolute atomic E-state index is 0.288. The van der Waals surface area contributed by atoms with Crippen LogP contribution in [0.15, 0.2) is 91.0 Å². The van der Waals surface area contributed by atoms with Gasteiger partial charge in [-0.2, -0.15) is 0 Å². The molecule has 0 N–H and O–H groups in total. The summed E-state index contributed by atoms with van der Waals surface area (Å²) in [6.45, 7) is 0.909. The molecule has 130 valence electrons. The van der Waals surface area contributed by atoms with Crippen molar-refractivity contribution in [3.63, 3.8) is 0 Å². The Morgan fingerprint density at radius 1 is 0.769 bits per heavy atom. The predicted octanol–water partition coefficient (Wildman–Crippen LogP) is 5.42. The molecule has 0 aliphatic carbocycles. The summed E-state index contributed by atoms with van der Waals surface area (Å²) in [6, 6.07) is 33.1. The van der Waals surface area contributed by atoms with Crippen LogP contribution >= 0.6 is 22.6 Å². The number of hydrogen-bond donors (Lipinski definition) is 0. The summed E-state index contributed by atoms with van der Waals surface area (Å²) in [6.07, 6.45) is 0. The molecular weight excluding hydrogens is 431 g/mol. The van der Waals surface area contributed by atoms with Crippen LogP contribution in [0.3, 0.4) is 0 Å². The summed E-state index contributed by atoms with van der Waals surface area (Å²) in [7, 11) is 2.21. The zero-order chi connectivity index (χ0) is 17.9. The van der Waals surface area contributed by atoms with Crippen LogP contribution in [0.5, 0.6) is 0 Å². The highest BCUT2D eigenvalue weighted by molar-refractivity contribution is 14.1. The lowest BCUT2D eigenvalue weighted by Gasteiger charge is -2.24. The Kier molecular flexibility index (Phi) is 5.07. The molecule has 0 amide bonds. The highest BCUT2D eigenvalue weighted by atomic mass is 127. The van der Waals surface area contributed by atoms with Gasteiger partial charge in [0.2, 0.25) is 0 Å². The first-order valence-corrected chi connectivity index (χ1v) is 9.99. The number of benzene rings is 3. The smallest absolute Gasteiger partial charge is 0.248 e. The fourth-order valence-electron chi connectivity index (χ4n) is 3.83. The van der Waals surface area contributed by atoms with Crippen molar-refractivity contribution in [1.82, 2.24) is 4.90 Å². The molecule has 0 radical (unpaired) electrons. The van der Waals surface area contributed by atoms with E-state index in [9.17, 15) is 0 Å². The van der Waals surface area contributed by atoms with Gasteiger partial charge in [0.15, 0.2) is 12.1 Å². The maximum absolute atomic E-state index is 2.53. The molecule has 0 saturated heterocycles. The van der Waals surface area contributed by atoms with Gasteiger partial charge < -0.3 is 0 Å². The molecule has 0 spiro atoms. The minimum atomic E-state index is 0.288. The maximum Gasteiger partial charge on any atom is 0.309 e. The molecule has 3 heteroatoms. The van der Waals surface area contributed by atoms with Crippen molar-refractivity contribution in [2.75, 3.05) is 7.05 Å². The van der Waals surface area contributed by atoms with Gasteiger partial charge in [-0.3, -0.25) is 0 Å². The van der Waals surface area contributed by atoms with E-state index < -0.39 is 0 Å². The van der Waals surface area contributed by atoms with Crippen LogP contribution in [0.4, 0.5) is 0 Å². The fourth-order valence-corrected chi connectivity index (χ4v) is 4.60. The van der Waals surface area contributed by atoms with Crippen LogP contribution in [-0.2, 0) is 6.54 Å². The molecular formula is C23H22IN2+. The second kappa shape index (κ2) is 7.62. The second-order valence-electron chi connectivity index (χ2n) is 6.70. The Morgan fingerprint density at radius 3 is 1.85 bits per heavy atom. The number of likely N-dealkylation sites (N-methyl/N-ethyl adjacent to an activating group) is 1. The summed E-state index contributed by atoms with van der Waals surface area (Å²) < 4.78 is 3.70. The molecule has 1 aliphatic rings. The Morgan fingerprint density at radius 2 is 1.27 bits per heavy atom. The molecule has 2 nitrogen and oxygen atoms in total. The van der Waals surface area contributed by atoms with Crippen molar-refractivity contribution < 1.29 is 4.58 Å². The Bertz CT molecular complexity index is 891. The van der Waals surface area contributed by atoms with Crippen LogP contribution in [0, 0.1) is 0 Å². The van der Waals surface area contributed by atoms with Crippen molar-refractivity contribution in [2.45, 2.75) is 18.6 Å². The molecule has 0 saturated carbocycles. The monoisotopic (exact) mass is 453 g/mol. The first kappa shape index (κ1) is 17.3. The van der Waals surface area contributed by atoms with Crippen molar-refractivity contribution in [1.29, 1.82) is 0 Å². The van der Waals surface area contributed by atoms with E-state index in [0.29, 0.717) is 6.04 Å². The molecule has 1 aliphatic heterocycles. The number of amidine groups is 1. The normalized spacial score (nSPS) is 19.8. The van der Waals surface area contributed by atoms with E-state index in [4.69, 9.17) is 0 Å². The van der Waals surface area contributed by atoms with Gasteiger partial charge in [0.05, 0.1) is 29.6 Å². The van der Waals surface area contributed by atoms with Crippen molar-refractivity contribution in [2.24, 2.45) is 0 Å². The van der Waals surface area contributed by atoms with Gasteiger partial charge in [-0.15, -0.1) is 0 Å². The Balaban J connectivity index is 1.79. The lowest BCUT2D eigenvalue weighted by Crippen LogP contribution is -2.28. The summed E-state index contributed by atoms with van der Waals surface area (Å²) in [5.41, 5.74) is 4.05. The summed E-state index contributed by atoms with van der Waals surface area (Å²) in [5.74, 6) is 0. The molecule has 0 aromatic heterocycles. The van der Waals surface area contributed by atoms with Gasteiger partial charge >= 0.3 is 3.84 Å². The summed E-state index contributed by atoms with van der Waals surface area (Å²) in [5, 5.41) is 0. The van der Waals surface area contributed by atoms with Gasteiger partial charge in [0.25, 0.3) is 0 Å². The van der Waals surface area contributed by atoms with E-state index in [-0.39, 0.29) is 6.04 Å². The summed E-state index contributed by atoms with van der Waals surface area (Å²) in [4.78, 5) is 2.53. The first-order chi connectivity index (χ1) is 12.8. The topological polar surface area (TPSA) is 6.25 Å². The molecule has 1 heterocycles. The fraction of sp³-hybridized carbons (Fsp3) is 0.174. The van der Waals surface area contributed by atoms with E-state index in [2.05, 4.69) is 130 Å². The van der Waals surface area contributed by atoms with E-state index in [1.807, 2.05) is 0 Å². The van der Waals surface area contributed by atoms with E-state index in [1.54, 1.807) is 0 Å². The number of rotatable bonds is 4. The molecule has 0 unspecified atom stereocenters. The first-order valence-electron chi connectivity index (χ1n) is 8.91. The second-order valence-corrected chi connectivity index (χ2v) is 7.67. The van der Waals surface area contributed by atoms with Gasteiger partial charge in [-0.05, 0) is 5.56 Å². The highest BCUT2D eigenvalue weighted by Gasteiger charge is 2.46. The molecule has 26 heavy (non-hydrogen) atoms. The molecule has 0 bridgehead atoms. The third-order valence-corrected chi connectivity index (χ3v) is 6.44. The molecule has 0 fully saturated rings. The molecule has 2 atom stereocenters. The average molecular weight is 453 g/mol. The van der Waals surface area contributed by atoms with Gasteiger partial charge in [-0.1, -0.05) is 91.0 Å². The van der Waals surface area contributed by atoms with E-state index in [1.165, 1.54) is 20.5 Å². The predicted molar refractivity (Wildman–Crippen MR) is 116 cm³/mol. The third-order valence-electron chi connectivity index (χ3n) is 5.06. The molecule has 3 aromatic carbocycles. The van der Waals surface area contributed by atoms with Crippen molar-refractivity contribution in [3.05, 3.63) is 108 Å². The van der Waals surface area contributed by atoms with Crippen molar-refractivity contribution in [3.8, 4) is 0 Å². The standard InChI is InChI=1S/C23H22IN2/c1-25-21(19-13-7-3-8-14-19)22(20-15-9-4-10-16-20)26(23(25)24)17-18-11-5-2-6-12-18/h2-16,21-22H,17H2,1H3/q+1/t21-,22-/m0/s1. The van der Waals surface area contributed by atoms with E-state index in [0.717, 1.165) is 6.54 Å². The average Bonchev–Trinajstić information content (AvgIpc) is 2.95. The number of halogens is 1. The number of hydrogen-bond acceptors (Lipinski definition) is 1. The van der Waals surface area contributed by atoms with E-state index >= 15 is 0 Å². The van der Waals surface area contributed by atoms with Gasteiger partial charge in [0, 0.05) is 11.1 Å². The zero-order valence-corrected chi connectivity index (χ0v) is 17.0. The zero-order valence-electron chi connectivity index (χ0n) is 14.8. The number of nitrogens with zero attached hydrogens (tertiary/aromatic N) is 2. The van der Waals surface area contributed by atoms with Crippen LogP contribution in [0.1, 0.15) is 28.8 Å². The third kappa shape index (κ3) is 3.28. The van der Waals surface area contributed by atoms with Crippen molar-refractivity contribution >= 4 is 26.4 Å². The lowest BCUT2D eigenvalue weighted by atomic mass is 9.93. The van der Waals surface area contributed by atoms with Crippen LogP contribution < -0.4 is 0 Å². The van der Waals surface area contributed by atoms with Crippen LogP contribution in [-0.4, -0.2) is 20.4 Å². The van der Waals surface area contributed by atoms with Crippen LogP contribution in [0.25, 0.3) is 0 Å². The molecule has 4 rings (SSSR count). The van der Waals surface area contributed by atoms with Gasteiger partial charge in [0.1, 0.15) is 6.54 Å². The highest BCUT2D eigenvalue weighted by Crippen LogP contribution is 2.42. The quantitative estimate of drug-likeness (QED) is 0.291. The largest absolute Gasteiger partial charge is 0.309 e. The SMILES string of the molecule is C[N+]1=C(I)N(Cc2ccccc2)[C@@H](c2ccccc2)[C@@H]1c1ccccc1. The molecule has 3 aromatic rings. The lowest BCUT2D eigenvalue weighted by molar-refractivity contribution is -0.535. The Labute approximate surface area is 168 Å². The minimum Gasteiger partial charge on any atom is -0.248 e.